The fraction of sp³-hybridized carbons (Fsp3) is 0.444. The van der Waals surface area contributed by atoms with Gasteiger partial charge in [0.15, 0.2) is 11.6 Å². The van der Waals surface area contributed by atoms with Crippen molar-refractivity contribution >= 4 is 5.91 Å². The van der Waals surface area contributed by atoms with Crippen molar-refractivity contribution in [2.24, 2.45) is 5.92 Å². The molecule has 1 aromatic carbocycles. The van der Waals surface area contributed by atoms with Crippen molar-refractivity contribution < 1.29 is 13.9 Å². The van der Waals surface area contributed by atoms with Gasteiger partial charge in [-0.1, -0.05) is 26.0 Å². The second-order valence-electron chi connectivity index (χ2n) is 6.65. The standard InChI is InChI=1S/C18H22FN3O2/c1-10(2)9-22-11(3)14(8-20-22)18(23)21-16-12(4)24-17-13(16)6-5-7-15(17)19/h5-8,10,12,16H,9H2,1-4H3,(H,21,23)/t12-,16-/m0/s1. The van der Waals surface area contributed by atoms with E-state index in [-0.39, 0.29) is 23.8 Å². The van der Waals surface area contributed by atoms with Gasteiger partial charge in [-0.3, -0.25) is 9.48 Å². The van der Waals surface area contributed by atoms with Crippen molar-refractivity contribution in [2.75, 3.05) is 0 Å². The number of nitrogens with zero attached hydrogens (tertiary/aromatic N) is 2. The molecule has 0 radical (unpaired) electrons. The predicted octanol–water partition coefficient (Wildman–Crippen LogP) is 3.24. The summed E-state index contributed by atoms with van der Waals surface area (Å²) in [5.41, 5.74) is 2.03. The van der Waals surface area contributed by atoms with Crippen molar-refractivity contribution in [3.8, 4) is 5.75 Å². The van der Waals surface area contributed by atoms with E-state index in [1.807, 2.05) is 18.5 Å². The Morgan fingerprint density at radius 1 is 1.46 bits per heavy atom. The lowest BCUT2D eigenvalue weighted by Crippen LogP contribution is -2.34. The van der Waals surface area contributed by atoms with E-state index in [0.29, 0.717) is 17.0 Å². The zero-order valence-electron chi connectivity index (χ0n) is 14.3. The van der Waals surface area contributed by atoms with E-state index in [1.165, 1.54) is 6.07 Å². The third-order valence-corrected chi connectivity index (χ3v) is 4.28. The van der Waals surface area contributed by atoms with Crippen LogP contribution in [-0.4, -0.2) is 21.8 Å². The molecule has 1 N–H and O–H groups in total. The number of para-hydroxylation sites is 1. The number of aromatic nitrogens is 2. The van der Waals surface area contributed by atoms with E-state index in [1.54, 1.807) is 18.3 Å². The molecule has 0 saturated heterocycles. The van der Waals surface area contributed by atoms with Crippen molar-refractivity contribution in [3.63, 3.8) is 0 Å². The molecular formula is C18H22FN3O2. The molecule has 1 aromatic heterocycles. The summed E-state index contributed by atoms with van der Waals surface area (Å²) >= 11 is 0. The highest BCUT2D eigenvalue weighted by atomic mass is 19.1. The highest BCUT2D eigenvalue weighted by Gasteiger charge is 2.34. The van der Waals surface area contributed by atoms with Gasteiger partial charge in [0, 0.05) is 17.8 Å². The van der Waals surface area contributed by atoms with Crippen LogP contribution in [0.4, 0.5) is 4.39 Å². The molecule has 24 heavy (non-hydrogen) atoms. The van der Waals surface area contributed by atoms with Crippen molar-refractivity contribution in [3.05, 3.63) is 47.0 Å². The van der Waals surface area contributed by atoms with Gasteiger partial charge < -0.3 is 10.1 Å². The van der Waals surface area contributed by atoms with E-state index < -0.39 is 5.82 Å². The number of benzene rings is 1. The maximum Gasteiger partial charge on any atom is 0.255 e. The number of fused-ring (bicyclic) bond motifs is 1. The Labute approximate surface area is 140 Å². The summed E-state index contributed by atoms with van der Waals surface area (Å²) in [4.78, 5) is 12.6. The summed E-state index contributed by atoms with van der Waals surface area (Å²) in [6.45, 7) is 8.66. The first kappa shape index (κ1) is 16.5. The van der Waals surface area contributed by atoms with Gasteiger partial charge in [0.25, 0.3) is 5.91 Å². The van der Waals surface area contributed by atoms with Gasteiger partial charge in [-0.25, -0.2) is 4.39 Å². The van der Waals surface area contributed by atoms with Crippen LogP contribution in [0.25, 0.3) is 0 Å². The molecule has 128 valence electrons. The Morgan fingerprint density at radius 2 is 2.21 bits per heavy atom. The first-order chi connectivity index (χ1) is 11.4. The van der Waals surface area contributed by atoms with Crippen molar-refractivity contribution in [1.82, 2.24) is 15.1 Å². The van der Waals surface area contributed by atoms with Gasteiger partial charge in [0.05, 0.1) is 17.8 Å². The molecule has 1 aliphatic rings. The monoisotopic (exact) mass is 331 g/mol. The summed E-state index contributed by atoms with van der Waals surface area (Å²) in [5.74, 6) is 0.0391. The quantitative estimate of drug-likeness (QED) is 0.936. The van der Waals surface area contributed by atoms with E-state index in [9.17, 15) is 9.18 Å². The van der Waals surface area contributed by atoms with E-state index in [4.69, 9.17) is 4.74 Å². The number of amides is 1. The number of hydrogen-bond donors (Lipinski definition) is 1. The lowest BCUT2D eigenvalue weighted by atomic mass is 10.0. The Bertz CT molecular complexity index is 770. The van der Waals surface area contributed by atoms with Gasteiger partial charge in [-0.05, 0) is 25.8 Å². The maximum atomic E-state index is 13.8. The highest BCUT2D eigenvalue weighted by Crippen LogP contribution is 2.38. The fourth-order valence-electron chi connectivity index (χ4n) is 3.02. The van der Waals surface area contributed by atoms with Crippen LogP contribution in [0.3, 0.4) is 0 Å². The van der Waals surface area contributed by atoms with Crippen LogP contribution in [0.1, 0.15) is 48.4 Å². The Hall–Kier alpha value is -2.37. The average Bonchev–Trinajstić information content (AvgIpc) is 3.02. The molecule has 5 nitrogen and oxygen atoms in total. The first-order valence-corrected chi connectivity index (χ1v) is 8.16. The Morgan fingerprint density at radius 3 is 2.92 bits per heavy atom. The van der Waals surface area contributed by atoms with E-state index in [2.05, 4.69) is 24.3 Å². The van der Waals surface area contributed by atoms with Crippen LogP contribution in [-0.2, 0) is 6.54 Å². The van der Waals surface area contributed by atoms with E-state index >= 15 is 0 Å². The molecule has 0 aliphatic carbocycles. The van der Waals surface area contributed by atoms with Crippen molar-refractivity contribution in [2.45, 2.75) is 46.4 Å². The van der Waals surface area contributed by atoms with Crippen LogP contribution in [0.5, 0.6) is 5.75 Å². The minimum absolute atomic E-state index is 0.222. The SMILES string of the molecule is Cc1c(C(=O)N[C@@H]2c3cccc(F)c3O[C@H]2C)cnn1CC(C)C. The molecule has 0 saturated carbocycles. The molecule has 2 aromatic rings. The molecule has 0 spiro atoms. The largest absolute Gasteiger partial charge is 0.485 e. The van der Waals surface area contributed by atoms with Crippen LogP contribution >= 0.6 is 0 Å². The zero-order chi connectivity index (χ0) is 17.4. The molecule has 3 rings (SSSR count). The van der Waals surface area contributed by atoms with E-state index in [0.717, 1.165) is 12.2 Å². The number of carbonyl (C=O) groups is 1. The van der Waals surface area contributed by atoms with Crippen LogP contribution in [0.15, 0.2) is 24.4 Å². The fourth-order valence-corrected chi connectivity index (χ4v) is 3.02. The lowest BCUT2D eigenvalue weighted by Gasteiger charge is -2.16. The number of hydrogen-bond acceptors (Lipinski definition) is 3. The molecule has 2 heterocycles. The second kappa shape index (κ2) is 6.26. The summed E-state index contributed by atoms with van der Waals surface area (Å²) < 4.78 is 21.2. The molecule has 6 heteroatoms. The maximum absolute atomic E-state index is 13.8. The molecular weight excluding hydrogens is 309 g/mol. The van der Waals surface area contributed by atoms with Gasteiger partial charge >= 0.3 is 0 Å². The second-order valence-corrected chi connectivity index (χ2v) is 6.65. The number of nitrogens with one attached hydrogen (secondary N) is 1. The van der Waals surface area contributed by atoms with Crippen LogP contribution in [0.2, 0.25) is 0 Å². The number of rotatable bonds is 4. The van der Waals surface area contributed by atoms with Gasteiger partial charge in [0.2, 0.25) is 0 Å². The van der Waals surface area contributed by atoms with Gasteiger partial charge in [-0.15, -0.1) is 0 Å². The number of halogens is 1. The number of ether oxygens (including phenoxy) is 1. The van der Waals surface area contributed by atoms with Gasteiger partial charge in [-0.2, -0.15) is 5.10 Å². The summed E-state index contributed by atoms with van der Waals surface area (Å²) in [6.07, 6.45) is 1.26. The smallest absolute Gasteiger partial charge is 0.255 e. The molecule has 0 unspecified atom stereocenters. The molecule has 0 bridgehead atoms. The van der Waals surface area contributed by atoms with Crippen LogP contribution < -0.4 is 10.1 Å². The average molecular weight is 331 g/mol. The van der Waals surface area contributed by atoms with Gasteiger partial charge in [0.1, 0.15) is 6.10 Å². The topological polar surface area (TPSA) is 56.1 Å². The molecule has 2 atom stereocenters. The summed E-state index contributed by atoms with van der Waals surface area (Å²) in [7, 11) is 0. The predicted molar refractivity (Wildman–Crippen MR) is 88.5 cm³/mol. The summed E-state index contributed by atoms with van der Waals surface area (Å²) in [6, 6.07) is 4.38. The van der Waals surface area contributed by atoms with Crippen molar-refractivity contribution in [1.29, 1.82) is 0 Å². The lowest BCUT2D eigenvalue weighted by molar-refractivity contribution is 0.0907. The first-order valence-electron chi connectivity index (χ1n) is 8.16. The molecule has 0 fully saturated rings. The highest BCUT2D eigenvalue weighted by molar-refractivity contribution is 5.95. The normalized spacial score (nSPS) is 19.2. The Balaban J connectivity index is 1.81. The zero-order valence-corrected chi connectivity index (χ0v) is 14.3. The van der Waals surface area contributed by atoms with Crippen LogP contribution in [0, 0.1) is 18.7 Å². The summed E-state index contributed by atoms with van der Waals surface area (Å²) in [5, 5.41) is 7.25. The third-order valence-electron chi connectivity index (χ3n) is 4.28. The number of carbonyl (C=O) groups excluding carboxylic acids is 1. The Kier molecular flexibility index (Phi) is 4.30. The minimum atomic E-state index is -0.406. The molecule has 1 amide bonds. The third kappa shape index (κ3) is 2.88. The minimum Gasteiger partial charge on any atom is -0.485 e. The molecule has 1 aliphatic heterocycles.